The number of fused-ring (bicyclic) bond motifs is 1. The molecule has 7 heteroatoms. The molecule has 0 bridgehead atoms. The van der Waals surface area contributed by atoms with Crippen LogP contribution in [-0.4, -0.2) is 15.3 Å². The summed E-state index contributed by atoms with van der Waals surface area (Å²) in [5.74, 6) is -2.15. The largest absolute Gasteiger partial charge is 0.346 e. The number of carbonyl (C=O) groups excluding carboxylic acids is 1. The maximum absolute atomic E-state index is 13.5. The van der Waals surface area contributed by atoms with Crippen molar-refractivity contribution in [3.05, 3.63) is 70.6 Å². The highest BCUT2D eigenvalue weighted by atomic mass is 35.5. The van der Waals surface area contributed by atoms with Gasteiger partial charge in [-0.1, -0.05) is 11.6 Å². The molecule has 0 aliphatic carbocycles. The van der Waals surface area contributed by atoms with Gasteiger partial charge in [0.1, 0.15) is 17.3 Å². The van der Waals surface area contributed by atoms with Gasteiger partial charge in [0.2, 0.25) is 0 Å². The average molecular weight is 322 g/mol. The van der Waals surface area contributed by atoms with Crippen molar-refractivity contribution in [3.63, 3.8) is 0 Å². The quantitative estimate of drug-likeness (QED) is 0.805. The molecule has 1 N–H and O–H groups in total. The monoisotopic (exact) mass is 321 g/mol. The molecule has 1 amide bonds. The first kappa shape index (κ1) is 14.5. The molecule has 0 unspecified atom stereocenters. The molecular weight excluding hydrogens is 312 g/mol. The minimum absolute atomic E-state index is 0.0914. The van der Waals surface area contributed by atoms with E-state index in [2.05, 4.69) is 10.3 Å². The van der Waals surface area contributed by atoms with Crippen LogP contribution in [0.5, 0.6) is 0 Å². The predicted octanol–water partition coefficient (Wildman–Crippen LogP) is 3.20. The fourth-order valence-electron chi connectivity index (χ4n) is 2.04. The number of pyridine rings is 1. The van der Waals surface area contributed by atoms with Crippen molar-refractivity contribution in [2.24, 2.45) is 0 Å². The van der Waals surface area contributed by atoms with E-state index in [0.717, 1.165) is 18.2 Å². The Morgan fingerprint density at radius 1 is 1.23 bits per heavy atom. The summed E-state index contributed by atoms with van der Waals surface area (Å²) < 4.78 is 28.3. The number of nitrogens with zero attached hydrogens (tertiary/aromatic N) is 2. The molecular formula is C15H10ClF2N3O. The number of hydrogen-bond acceptors (Lipinski definition) is 2. The van der Waals surface area contributed by atoms with Crippen LogP contribution in [0.2, 0.25) is 5.02 Å². The van der Waals surface area contributed by atoms with Crippen LogP contribution in [0.25, 0.3) is 5.65 Å². The molecule has 1 aromatic carbocycles. The third-order valence-corrected chi connectivity index (χ3v) is 3.29. The summed E-state index contributed by atoms with van der Waals surface area (Å²) in [4.78, 5) is 16.2. The Labute approximate surface area is 129 Å². The smallest absolute Gasteiger partial charge is 0.254 e. The van der Waals surface area contributed by atoms with E-state index < -0.39 is 17.5 Å². The number of amides is 1. The zero-order valence-electron chi connectivity index (χ0n) is 11.2. The SMILES string of the molecule is O=C(NCc1cn2cc(Cl)ccc2n1)c1cc(F)ccc1F. The first-order valence-corrected chi connectivity index (χ1v) is 6.77. The van der Waals surface area contributed by atoms with Gasteiger partial charge < -0.3 is 9.72 Å². The molecule has 0 fully saturated rings. The van der Waals surface area contributed by atoms with Gasteiger partial charge in [0.25, 0.3) is 5.91 Å². The lowest BCUT2D eigenvalue weighted by atomic mass is 10.2. The van der Waals surface area contributed by atoms with Crippen LogP contribution in [-0.2, 0) is 6.54 Å². The number of benzene rings is 1. The number of carbonyl (C=O) groups is 1. The van der Waals surface area contributed by atoms with Gasteiger partial charge in [-0.15, -0.1) is 0 Å². The molecule has 2 aromatic heterocycles. The van der Waals surface area contributed by atoms with E-state index in [1.165, 1.54) is 0 Å². The lowest BCUT2D eigenvalue weighted by Gasteiger charge is -2.04. The van der Waals surface area contributed by atoms with Gasteiger partial charge in [-0.2, -0.15) is 0 Å². The van der Waals surface area contributed by atoms with Crippen molar-refractivity contribution in [2.45, 2.75) is 6.54 Å². The van der Waals surface area contributed by atoms with E-state index in [9.17, 15) is 13.6 Å². The Hall–Kier alpha value is -2.47. The Morgan fingerprint density at radius 2 is 2.05 bits per heavy atom. The molecule has 4 nitrogen and oxygen atoms in total. The van der Waals surface area contributed by atoms with E-state index in [-0.39, 0.29) is 12.1 Å². The average Bonchev–Trinajstić information content (AvgIpc) is 2.89. The van der Waals surface area contributed by atoms with Crippen LogP contribution in [0.3, 0.4) is 0 Å². The molecule has 0 saturated heterocycles. The van der Waals surface area contributed by atoms with Crippen molar-refractivity contribution in [2.75, 3.05) is 0 Å². The molecule has 3 aromatic rings. The fraction of sp³-hybridized carbons (Fsp3) is 0.0667. The standard InChI is InChI=1S/C15H10ClF2N3O/c16-9-1-4-14-20-11(8-21(14)7-9)6-19-15(22)12-5-10(17)2-3-13(12)18/h1-5,7-8H,6H2,(H,19,22). The molecule has 0 radical (unpaired) electrons. The molecule has 0 saturated carbocycles. The van der Waals surface area contributed by atoms with Crippen LogP contribution in [0.4, 0.5) is 8.78 Å². The molecule has 0 aliphatic heterocycles. The molecule has 22 heavy (non-hydrogen) atoms. The predicted molar refractivity (Wildman–Crippen MR) is 77.7 cm³/mol. The van der Waals surface area contributed by atoms with Gasteiger partial charge in [0, 0.05) is 12.4 Å². The molecule has 0 aliphatic rings. The number of halogens is 3. The van der Waals surface area contributed by atoms with Gasteiger partial charge in [-0.25, -0.2) is 13.8 Å². The highest BCUT2D eigenvalue weighted by Crippen LogP contribution is 2.12. The fourth-order valence-corrected chi connectivity index (χ4v) is 2.21. The summed E-state index contributed by atoms with van der Waals surface area (Å²) in [7, 11) is 0. The summed E-state index contributed by atoms with van der Waals surface area (Å²) in [6, 6.07) is 6.16. The number of hydrogen-bond donors (Lipinski definition) is 1. The topological polar surface area (TPSA) is 46.4 Å². The second-order valence-corrected chi connectivity index (χ2v) is 5.09. The molecule has 2 heterocycles. The zero-order chi connectivity index (χ0) is 15.7. The van der Waals surface area contributed by atoms with Crippen LogP contribution >= 0.6 is 11.6 Å². The van der Waals surface area contributed by atoms with E-state index in [1.54, 1.807) is 28.9 Å². The minimum atomic E-state index is -0.777. The highest BCUT2D eigenvalue weighted by Gasteiger charge is 2.13. The van der Waals surface area contributed by atoms with Crippen LogP contribution < -0.4 is 5.32 Å². The Kier molecular flexibility index (Phi) is 3.77. The van der Waals surface area contributed by atoms with Gasteiger partial charge in [-0.05, 0) is 30.3 Å². The number of nitrogens with one attached hydrogen (secondary N) is 1. The lowest BCUT2D eigenvalue weighted by molar-refractivity contribution is 0.0946. The van der Waals surface area contributed by atoms with Crippen LogP contribution in [0.15, 0.2) is 42.7 Å². The van der Waals surface area contributed by atoms with Crippen molar-refractivity contribution in [1.82, 2.24) is 14.7 Å². The molecule has 0 spiro atoms. The van der Waals surface area contributed by atoms with Gasteiger partial charge >= 0.3 is 0 Å². The number of imidazole rings is 1. The Balaban J connectivity index is 1.75. The van der Waals surface area contributed by atoms with Crippen molar-refractivity contribution in [3.8, 4) is 0 Å². The van der Waals surface area contributed by atoms with E-state index in [1.807, 2.05) is 0 Å². The number of aromatic nitrogens is 2. The summed E-state index contributed by atoms with van der Waals surface area (Å²) in [6.45, 7) is 0.0914. The summed E-state index contributed by atoms with van der Waals surface area (Å²) >= 11 is 5.87. The van der Waals surface area contributed by atoms with Crippen LogP contribution in [0, 0.1) is 11.6 Å². The second-order valence-electron chi connectivity index (χ2n) is 4.65. The summed E-state index contributed by atoms with van der Waals surface area (Å²) in [6.07, 6.45) is 3.38. The maximum Gasteiger partial charge on any atom is 0.254 e. The molecule has 112 valence electrons. The molecule has 3 rings (SSSR count). The van der Waals surface area contributed by atoms with E-state index in [0.29, 0.717) is 16.4 Å². The first-order chi connectivity index (χ1) is 10.5. The number of rotatable bonds is 3. The minimum Gasteiger partial charge on any atom is -0.346 e. The van der Waals surface area contributed by atoms with Crippen molar-refractivity contribution >= 4 is 23.2 Å². The van der Waals surface area contributed by atoms with Gasteiger partial charge in [0.05, 0.1) is 22.8 Å². The third kappa shape index (κ3) is 2.92. The maximum atomic E-state index is 13.5. The first-order valence-electron chi connectivity index (χ1n) is 6.39. The molecule has 0 atom stereocenters. The third-order valence-electron chi connectivity index (χ3n) is 3.07. The van der Waals surface area contributed by atoms with E-state index >= 15 is 0 Å². The highest BCUT2D eigenvalue weighted by molar-refractivity contribution is 6.30. The Bertz CT molecular complexity index is 863. The Morgan fingerprint density at radius 3 is 2.86 bits per heavy atom. The summed E-state index contributed by atoms with van der Waals surface area (Å²) in [5.41, 5.74) is 0.907. The van der Waals surface area contributed by atoms with Crippen molar-refractivity contribution in [1.29, 1.82) is 0 Å². The normalized spacial score (nSPS) is 10.9. The van der Waals surface area contributed by atoms with Crippen LogP contribution in [0.1, 0.15) is 16.1 Å². The lowest BCUT2D eigenvalue weighted by Crippen LogP contribution is -2.24. The second kappa shape index (κ2) is 5.73. The zero-order valence-corrected chi connectivity index (χ0v) is 11.9. The van der Waals surface area contributed by atoms with Crippen molar-refractivity contribution < 1.29 is 13.6 Å². The van der Waals surface area contributed by atoms with E-state index in [4.69, 9.17) is 11.6 Å². The summed E-state index contributed by atoms with van der Waals surface area (Å²) in [5, 5.41) is 3.06. The van der Waals surface area contributed by atoms with Gasteiger partial charge in [-0.3, -0.25) is 4.79 Å². The van der Waals surface area contributed by atoms with Gasteiger partial charge in [0.15, 0.2) is 0 Å².